The summed E-state index contributed by atoms with van der Waals surface area (Å²) in [6, 6.07) is 8.08. The van der Waals surface area contributed by atoms with Crippen LogP contribution in [-0.2, 0) is 6.54 Å². The summed E-state index contributed by atoms with van der Waals surface area (Å²) < 4.78 is 2.91. The molecule has 1 heterocycles. The summed E-state index contributed by atoms with van der Waals surface area (Å²) in [5.41, 5.74) is 3.55. The second-order valence-corrected chi connectivity index (χ2v) is 4.91. The highest BCUT2D eigenvalue weighted by atomic mass is 79.9. The van der Waals surface area contributed by atoms with Gasteiger partial charge in [0.25, 0.3) is 0 Å². The van der Waals surface area contributed by atoms with Crippen LogP contribution in [0.15, 0.2) is 28.7 Å². The second-order valence-electron chi connectivity index (χ2n) is 3.99. The van der Waals surface area contributed by atoms with Gasteiger partial charge in [0.2, 0.25) is 0 Å². The van der Waals surface area contributed by atoms with E-state index in [1.54, 1.807) is 0 Å². The average molecular weight is 293 g/mol. The van der Waals surface area contributed by atoms with Gasteiger partial charge in [-0.15, -0.1) is 0 Å². The lowest BCUT2D eigenvalue weighted by molar-refractivity contribution is 0.112. The Kier molecular flexibility index (Phi) is 3.43. The molecule has 0 atom stereocenters. The molecule has 0 saturated carbocycles. The number of carbonyl (C=O) groups is 1. The molecular formula is C13H13BrN2O. The van der Waals surface area contributed by atoms with Crippen molar-refractivity contribution in [3.8, 4) is 0 Å². The van der Waals surface area contributed by atoms with Crippen molar-refractivity contribution in [2.45, 2.75) is 20.4 Å². The van der Waals surface area contributed by atoms with Gasteiger partial charge in [-0.1, -0.05) is 28.1 Å². The van der Waals surface area contributed by atoms with Gasteiger partial charge in [0.05, 0.1) is 17.8 Å². The van der Waals surface area contributed by atoms with Gasteiger partial charge >= 0.3 is 0 Å². The summed E-state index contributed by atoms with van der Waals surface area (Å²) in [5, 5.41) is 4.38. The third-order valence-corrected chi connectivity index (χ3v) is 3.27. The summed E-state index contributed by atoms with van der Waals surface area (Å²) in [6.07, 6.45) is 0.870. The maximum absolute atomic E-state index is 10.9. The number of aldehydes is 1. The normalized spacial score (nSPS) is 10.5. The van der Waals surface area contributed by atoms with Crippen LogP contribution in [0.2, 0.25) is 0 Å². The molecule has 3 nitrogen and oxygen atoms in total. The van der Waals surface area contributed by atoms with E-state index in [4.69, 9.17) is 0 Å². The van der Waals surface area contributed by atoms with Crippen LogP contribution in [0.5, 0.6) is 0 Å². The molecule has 0 unspecified atom stereocenters. The van der Waals surface area contributed by atoms with Gasteiger partial charge in [0.15, 0.2) is 6.29 Å². The zero-order valence-electron chi connectivity index (χ0n) is 9.77. The molecule has 0 amide bonds. The largest absolute Gasteiger partial charge is 0.298 e. The highest BCUT2D eigenvalue weighted by molar-refractivity contribution is 9.10. The first-order valence-electron chi connectivity index (χ1n) is 5.35. The summed E-state index contributed by atoms with van der Waals surface area (Å²) >= 11 is 3.44. The maximum atomic E-state index is 10.9. The molecule has 88 valence electrons. The molecule has 2 rings (SSSR count). The Morgan fingerprint density at radius 1 is 1.41 bits per heavy atom. The lowest BCUT2D eigenvalue weighted by atomic mass is 10.2. The van der Waals surface area contributed by atoms with Crippen molar-refractivity contribution in [3.05, 3.63) is 51.3 Å². The Balaban J connectivity index is 2.33. The molecule has 0 spiro atoms. The monoisotopic (exact) mass is 292 g/mol. The highest BCUT2D eigenvalue weighted by Gasteiger charge is 2.10. The summed E-state index contributed by atoms with van der Waals surface area (Å²) in [7, 11) is 0. The van der Waals surface area contributed by atoms with Crippen LogP contribution in [0.1, 0.15) is 27.3 Å². The van der Waals surface area contributed by atoms with Crippen molar-refractivity contribution in [2.75, 3.05) is 0 Å². The van der Waals surface area contributed by atoms with Gasteiger partial charge in [0, 0.05) is 10.2 Å². The molecule has 0 aliphatic heterocycles. The number of aryl methyl sites for hydroxylation is 1. The standard InChI is InChI=1S/C13H13BrN2O/c1-9-13(8-17)10(2)16(15-9)7-11-4-3-5-12(14)6-11/h3-6,8H,7H2,1-2H3. The molecule has 0 aliphatic rings. The van der Waals surface area contributed by atoms with Gasteiger partial charge in [-0.3, -0.25) is 9.48 Å². The first-order valence-corrected chi connectivity index (χ1v) is 6.14. The minimum absolute atomic E-state index is 0.681. The van der Waals surface area contributed by atoms with Crippen LogP contribution in [0.4, 0.5) is 0 Å². The summed E-state index contributed by atoms with van der Waals surface area (Å²) in [5.74, 6) is 0. The molecule has 17 heavy (non-hydrogen) atoms. The minimum atomic E-state index is 0.681. The van der Waals surface area contributed by atoms with Gasteiger partial charge in [-0.2, -0.15) is 5.10 Å². The van der Waals surface area contributed by atoms with Gasteiger partial charge in [-0.25, -0.2) is 0 Å². The van der Waals surface area contributed by atoms with Crippen molar-refractivity contribution >= 4 is 22.2 Å². The van der Waals surface area contributed by atoms with E-state index >= 15 is 0 Å². The van der Waals surface area contributed by atoms with E-state index in [-0.39, 0.29) is 0 Å². The Hall–Kier alpha value is -1.42. The number of hydrogen-bond acceptors (Lipinski definition) is 2. The molecule has 2 aromatic rings. The maximum Gasteiger partial charge on any atom is 0.153 e. The van der Waals surface area contributed by atoms with Crippen LogP contribution in [-0.4, -0.2) is 16.1 Å². The molecule has 0 aliphatic carbocycles. The van der Waals surface area contributed by atoms with Crippen LogP contribution >= 0.6 is 15.9 Å². The molecule has 0 N–H and O–H groups in total. The van der Waals surface area contributed by atoms with Crippen molar-refractivity contribution in [2.24, 2.45) is 0 Å². The Morgan fingerprint density at radius 3 is 2.76 bits per heavy atom. The third kappa shape index (κ3) is 2.47. The highest BCUT2D eigenvalue weighted by Crippen LogP contribution is 2.15. The topological polar surface area (TPSA) is 34.9 Å². The van der Waals surface area contributed by atoms with Crippen molar-refractivity contribution in [1.82, 2.24) is 9.78 Å². The molecule has 1 aromatic carbocycles. The van der Waals surface area contributed by atoms with Crippen molar-refractivity contribution in [3.63, 3.8) is 0 Å². The molecule has 0 radical (unpaired) electrons. The quantitative estimate of drug-likeness (QED) is 0.815. The fourth-order valence-corrected chi connectivity index (χ4v) is 2.29. The molecule has 4 heteroatoms. The number of halogens is 1. The summed E-state index contributed by atoms with van der Waals surface area (Å²) in [4.78, 5) is 10.9. The zero-order chi connectivity index (χ0) is 12.4. The first-order chi connectivity index (χ1) is 8.11. The Labute approximate surface area is 109 Å². The van der Waals surface area contributed by atoms with E-state index in [1.807, 2.05) is 36.7 Å². The van der Waals surface area contributed by atoms with Gasteiger partial charge in [0.1, 0.15) is 0 Å². The van der Waals surface area contributed by atoms with E-state index in [1.165, 1.54) is 0 Å². The van der Waals surface area contributed by atoms with E-state index in [0.717, 1.165) is 27.7 Å². The van der Waals surface area contributed by atoms with Gasteiger partial charge in [-0.05, 0) is 31.5 Å². The first kappa shape index (κ1) is 12.0. The summed E-state index contributed by atoms with van der Waals surface area (Å²) in [6.45, 7) is 4.45. The Bertz CT molecular complexity index is 561. The predicted molar refractivity (Wildman–Crippen MR) is 70.3 cm³/mol. The average Bonchev–Trinajstić information content (AvgIpc) is 2.54. The van der Waals surface area contributed by atoms with Crippen molar-refractivity contribution in [1.29, 1.82) is 0 Å². The smallest absolute Gasteiger partial charge is 0.153 e. The van der Waals surface area contributed by atoms with E-state index in [9.17, 15) is 4.79 Å². The molecule has 0 fully saturated rings. The third-order valence-electron chi connectivity index (χ3n) is 2.78. The fraction of sp³-hybridized carbons (Fsp3) is 0.231. The van der Waals surface area contributed by atoms with Crippen LogP contribution in [0.3, 0.4) is 0 Å². The van der Waals surface area contributed by atoms with E-state index < -0.39 is 0 Å². The molecule has 1 aromatic heterocycles. The second kappa shape index (κ2) is 4.84. The zero-order valence-corrected chi connectivity index (χ0v) is 11.4. The number of hydrogen-bond donors (Lipinski definition) is 0. The number of rotatable bonds is 3. The predicted octanol–water partition coefficient (Wildman–Crippen LogP) is 3.12. The van der Waals surface area contributed by atoms with E-state index in [2.05, 4.69) is 27.1 Å². The molecule has 0 bridgehead atoms. The van der Waals surface area contributed by atoms with Gasteiger partial charge < -0.3 is 0 Å². The Morgan fingerprint density at radius 2 is 2.18 bits per heavy atom. The number of carbonyl (C=O) groups excluding carboxylic acids is 1. The molecule has 0 saturated heterocycles. The minimum Gasteiger partial charge on any atom is -0.298 e. The van der Waals surface area contributed by atoms with E-state index in [0.29, 0.717) is 12.1 Å². The number of benzene rings is 1. The lowest BCUT2D eigenvalue weighted by Gasteiger charge is -2.05. The number of nitrogens with zero attached hydrogens (tertiary/aromatic N) is 2. The lowest BCUT2D eigenvalue weighted by Crippen LogP contribution is -2.04. The fourth-order valence-electron chi connectivity index (χ4n) is 1.84. The van der Waals surface area contributed by atoms with Crippen LogP contribution in [0, 0.1) is 13.8 Å². The van der Waals surface area contributed by atoms with Crippen molar-refractivity contribution < 1.29 is 4.79 Å². The van der Waals surface area contributed by atoms with Crippen LogP contribution in [0.25, 0.3) is 0 Å². The SMILES string of the molecule is Cc1nn(Cc2cccc(Br)c2)c(C)c1C=O. The molecular weight excluding hydrogens is 280 g/mol. The number of aromatic nitrogens is 2. The van der Waals surface area contributed by atoms with Crippen LogP contribution < -0.4 is 0 Å².